The third-order valence-electron chi connectivity index (χ3n) is 3.57. The van der Waals surface area contributed by atoms with E-state index in [0.29, 0.717) is 17.8 Å². The van der Waals surface area contributed by atoms with E-state index in [1.54, 1.807) is 19.1 Å². The van der Waals surface area contributed by atoms with Gasteiger partial charge in [-0.15, -0.1) is 24.0 Å². The van der Waals surface area contributed by atoms with Gasteiger partial charge in [-0.2, -0.15) is 0 Å². The lowest BCUT2D eigenvalue weighted by atomic mass is 9.96. The molecule has 0 spiro atoms. The molecular weight excluding hydrogens is 369 g/mol. The molecule has 1 aromatic rings. The third kappa shape index (κ3) is 4.97. The van der Waals surface area contributed by atoms with Crippen LogP contribution in [0.25, 0.3) is 0 Å². The molecular formula is C14H24IN3O2. The summed E-state index contributed by atoms with van der Waals surface area (Å²) in [6, 6.07) is 3.91. The number of nitrogens with one attached hydrogen (secondary N) is 1. The van der Waals surface area contributed by atoms with Gasteiger partial charge in [0.05, 0.1) is 12.8 Å². The number of furan rings is 1. The van der Waals surface area contributed by atoms with Crippen LogP contribution in [0.5, 0.6) is 0 Å². The Balaban J connectivity index is 0.00000200. The zero-order chi connectivity index (χ0) is 13.7. The molecule has 1 aromatic heterocycles. The molecule has 1 aliphatic rings. The van der Waals surface area contributed by atoms with E-state index < -0.39 is 5.60 Å². The van der Waals surface area contributed by atoms with Crippen molar-refractivity contribution in [1.29, 1.82) is 0 Å². The molecule has 5 nitrogen and oxygen atoms in total. The number of guanidine groups is 1. The summed E-state index contributed by atoms with van der Waals surface area (Å²) < 4.78 is 5.20. The maximum Gasteiger partial charge on any atom is 0.188 e. The zero-order valence-electron chi connectivity index (χ0n) is 11.8. The molecule has 0 aliphatic heterocycles. The molecule has 4 N–H and O–H groups in total. The van der Waals surface area contributed by atoms with E-state index in [0.717, 1.165) is 12.8 Å². The molecule has 0 saturated heterocycles. The van der Waals surface area contributed by atoms with Gasteiger partial charge >= 0.3 is 0 Å². The van der Waals surface area contributed by atoms with Crippen molar-refractivity contribution in [1.82, 2.24) is 5.32 Å². The van der Waals surface area contributed by atoms with Crippen LogP contribution < -0.4 is 11.1 Å². The van der Waals surface area contributed by atoms with Gasteiger partial charge in [0.25, 0.3) is 0 Å². The largest absolute Gasteiger partial charge is 0.466 e. The first kappa shape index (κ1) is 17.3. The maximum atomic E-state index is 10.2. The average Bonchev–Trinajstić information content (AvgIpc) is 2.92. The van der Waals surface area contributed by atoms with E-state index in [2.05, 4.69) is 10.3 Å². The van der Waals surface area contributed by atoms with Crippen molar-refractivity contribution < 1.29 is 9.52 Å². The molecule has 20 heavy (non-hydrogen) atoms. The first-order chi connectivity index (χ1) is 9.08. The molecule has 114 valence electrons. The Hall–Kier alpha value is -0.760. The van der Waals surface area contributed by atoms with Crippen LogP contribution >= 0.6 is 24.0 Å². The first-order valence-electron chi connectivity index (χ1n) is 6.91. The highest BCUT2D eigenvalue weighted by atomic mass is 127. The van der Waals surface area contributed by atoms with Gasteiger partial charge in [0.1, 0.15) is 11.4 Å². The standard InChI is InChI=1S/C14H23N3O2.HI/c1-14(18,12-8-5-9-19-12)10-16-13(15)17-11-6-3-2-4-7-11;/h5,8-9,11,18H,2-4,6-7,10H2,1H3,(H3,15,16,17);1H. The zero-order valence-corrected chi connectivity index (χ0v) is 14.2. The summed E-state index contributed by atoms with van der Waals surface area (Å²) in [6.45, 7) is 1.86. The molecule has 0 amide bonds. The highest BCUT2D eigenvalue weighted by Crippen LogP contribution is 2.21. The number of nitrogens with two attached hydrogens (primary N) is 1. The Morgan fingerprint density at radius 2 is 2.20 bits per heavy atom. The van der Waals surface area contributed by atoms with Crippen LogP contribution in [0.3, 0.4) is 0 Å². The van der Waals surface area contributed by atoms with E-state index in [1.807, 2.05) is 0 Å². The van der Waals surface area contributed by atoms with Crippen LogP contribution in [0.4, 0.5) is 0 Å². The van der Waals surface area contributed by atoms with E-state index in [1.165, 1.54) is 25.5 Å². The molecule has 0 bridgehead atoms. The Kier molecular flexibility index (Phi) is 6.81. The number of hydrogen-bond donors (Lipinski definition) is 3. The van der Waals surface area contributed by atoms with Crippen LogP contribution in [0.1, 0.15) is 44.8 Å². The Labute approximate surface area is 137 Å². The molecule has 2 rings (SSSR count). The Bertz CT molecular complexity index is 412. The number of aliphatic hydroxyl groups is 1. The summed E-state index contributed by atoms with van der Waals surface area (Å²) >= 11 is 0. The molecule has 1 atom stereocenters. The van der Waals surface area contributed by atoms with Gasteiger partial charge in [0, 0.05) is 6.04 Å². The van der Waals surface area contributed by atoms with Crippen molar-refractivity contribution in [2.45, 2.75) is 50.7 Å². The molecule has 6 heteroatoms. The van der Waals surface area contributed by atoms with Crippen molar-refractivity contribution in [3.8, 4) is 0 Å². The molecule has 0 radical (unpaired) electrons. The molecule has 1 heterocycles. The third-order valence-corrected chi connectivity index (χ3v) is 3.57. The van der Waals surface area contributed by atoms with E-state index >= 15 is 0 Å². The van der Waals surface area contributed by atoms with Crippen molar-refractivity contribution in [2.75, 3.05) is 6.54 Å². The van der Waals surface area contributed by atoms with Gasteiger partial charge < -0.3 is 20.6 Å². The lowest BCUT2D eigenvalue weighted by molar-refractivity contribution is 0.0437. The monoisotopic (exact) mass is 393 g/mol. The summed E-state index contributed by atoms with van der Waals surface area (Å²) in [5.74, 6) is 0.903. The minimum atomic E-state index is -1.12. The van der Waals surface area contributed by atoms with Gasteiger partial charge in [0.15, 0.2) is 5.96 Å². The van der Waals surface area contributed by atoms with E-state index in [4.69, 9.17) is 10.2 Å². The van der Waals surface area contributed by atoms with Crippen LogP contribution in [-0.4, -0.2) is 23.7 Å². The number of hydrogen-bond acceptors (Lipinski definition) is 3. The van der Waals surface area contributed by atoms with E-state index in [9.17, 15) is 5.11 Å². The summed E-state index contributed by atoms with van der Waals surface area (Å²) in [6.07, 6.45) is 7.62. The highest BCUT2D eigenvalue weighted by molar-refractivity contribution is 14.0. The Morgan fingerprint density at radius 3 is 2.80 bits per heavy atom. The predicted octanol–water partition coefficient (Wildman–Crippen LogP) is 2.34. The predicted molar refractivity (Wildman–Crippen MR) is 90.2 cm³/mol. The first-order valence-corrected chi connectivity index (χ1v) is 6.91. The van der Waals surface area contributed by atoms with Crippen LogP contribution in [0.15, 0.2) is 27.8 Å². The molecule has 1 unspecified atom stereocenters. The van der Waals surface area contributed by atoms with Crippen molar-refractivity contribution in [3.63, 3.8) is 0 Å². The normalized spacial score (nSPS) is 20.0. The second-order valence-electron chi connectivity index (χ2n) is 5.43. The smallest absolute Gasteiger partial charge is 0.188 e. The lowest BCUT2D eigenvalue weighted by Crippen LogP contribution is -2.42. The van der Waals surface area contributed by atoms with Gasteiger partial charge in [-0.25, -0.2) is 4.99 Å². The second-order valence-corrected chi connectivity index (χ2v) is 5.43. The van der Waals surface area contributed by atoms with E-state index in [-0.39, 0.29) is 30.5 Å². The molecule has 1 aliphatic carbocycles. The summed E-state index contributed by atoms with van der Waals surface area (Å²) in [5.41, 5.74) is 4.74. The average molecular weight is 393 g/mol. The second kappa shape index (κ2) is 7.87. The molecule has 1 fully saturated rings. The SMILES string of the molecule is CC(O)(CN=C(N)NC1CCCCC1)c1ccco1.I. The number of rotatable bonds is 4. The lowest BCUT2D eigenvalue weighted by Gasteiger charge is -2.24. The van der Waals surface area contributed by atoms with Crippen LogP contribution in [0.2, 0.25) is 0 Å². The minimum absolute atomic E-state index is 0. The van der Waals surface area contributed by atoms with Gasteiger partial charge in [-0.05, 0) is 31.9 Å². The Morgan fingerprint density at radius 1 is 1.50 bits per heavy atom. The topological polar surface area (TPSA) is 83.8 Å². The van der Waals surface area contributed by atoms with Gasteiger partial charge in [0.2, 0.25) is 0 Å². The van der Waals surface area contributed by atoms with Crippen LogP contribution in [0, 0.1) is 0 Å². The van der Waals surface area contributed by atoms with Crippen molar-refractivity contribution >= 4 is 29.9 Å². The quantitative estimate of drug-likeness (QED) is 0.417. The summed E-state index contributed by atoms with van der Waals surface area (Å²) in [5, 5.41) is 13.5. The number of aliphatic imine (C=N–C) groups is 1. The fourth-order valence-electron chi connectivity index (χ4n) is 2.40. The van der Waals surface area contributed by atoms with Crippen LogP contribution in [-0.2, 0) is 5.60 Å². The van der Waals surface area contributed by atoms with Gasteiger partial charge in [-0.1, -0.05) is 19.3 Å². The highest BCUT2D eigenvalue weighted by Gasteiger charge is 2.26. The van der Waals surface area contributed by atoms with Crippen molar-refractivity contribution in [2.24, 2.45) is 10.7 Å². The van der Waals surface area contributed by atoms with Crippen molar-refractivity contribution in [3.05, 3.63) is 24.2 Å². The molecule has 0 aromatic carbocycles. The molecule has 1 saturated carbocycles. The maximum absolute atomic E-state index is 10.2. The fraction of sp³-hybridized carbons (Fsp3) is 0.643. The number of halogens is 1. The van der Waals surface area contributed by atoms with Gasteiger partial charge in [-0.3, -0.25) is 0 Å². The fourth-order valence-corrected chi connectivity index (χ4v) is 2.40. The minimum Gasteiger partial charge on any atom is -0.466 e. The summed E-state index contributed by atoms with van der Waals surface area (Å²) in [7, 11) is 0. The number of nitrogens with zero attached hydrogens (tertiary/aromatic N) is 1. The summed E-state index contributed by atoms with van der Waals surface area (Å²) in [4.78, 5) is 4.22.